The van der Waals surface area contributed by atoms with Gasteiger partial charge in [0, 0.05) is 12.2 Å². The Hall–Kier alpha value is -3.10. The Labute approximate surface area is 199 Å². The topological polar surface area (TPSA) is 111 Å². The molecule has 0 spiro atoms. The van der Waals surface area contributed by atoms with Gasteiger partial charge in [-0.15, -0.1) is 0 Å². The predicted octanol–water partition coefficient (Wildman–Crippen LogP) is 4.76. The van der Waals surface area contributed by atoms with Gasteiger partial charge in [-0.25, -0.2) is 14.6 Å². The number of oxazole rings is 1. The highest BCUT2D eigenvalue weighted by atomic mass is 16.6. The molecule has 0 bridgehead atoms. The molecule has 4 rings (SSSR count). The molecule has 2 amide bonds. The summed E-state index contributed by atoms with van der Waals surface area (Å²) in [6.07, 6.45) is 6.03. The molecule has 0 radical (unpaired) electrons. The third-order valence-corrected chi connectivity index (χ3v) is 6.61. The zero-order valence-electron chi connectivity index (χ0n) is 20.3. The van der Waals surface area contributed by atoms with E-state index in [4.69, 9.17) is 9.15 Å². The van der Waals surface area contributed by atoms with Crippen molar-refractivity contribution in [2.45, 2.75) is 70.9 Å². The molecule has 1 aliphatic heterocycles. The van der Waals surface area contributed by atoms with Crippen molar-refractivity contribution in [2.24, 2.45) is 11.8 Å². The van der Waals surface area contributed by atoms with Crippen LogP contribution in [0.5, 0.6) is 0 Å². The third-order valence-electron chi connectivity index (χ3n) is 6.61. The number of methoxy groups -OCH3 is 1. The minimum absolute atomic E-state index is 0.0922. The van der Waals surface area contributed by atoms with Crippen LogP contribution in [0.4, 0.5) is 10.5 Å². The molecule has 1 saturated carbocycles. The van der Waals surface area contributed by atoms with Crippen molar-refractivity contribution in [3.05, 3.63) is 24.1 Å². The number of likely N-dealkylation sites (tertiary alicyclic amines) is 1. The van der Waals surface area contributed by atoms with E-state index in [1.54, 1.807) is 23.1 Å². The standard InChI is InChI=1S/C25H33N3O6/c1-25(2,3)34-24(31)28-13-12-17(15-8-6-5-7-9-15)20(28)21(29)26-16-10-11-19-18(14-16)27-22(33-19)23(30)32-4/h10-11,14-15,17,20H,5-9,12-13H2,1-4H3,(H,26,29)/t17-,20-/m0/s1. The van der Waals surface area contributed by atoms with Crippen molar-refractivity contribution < 1.29 is 28.3 Å². The van der Waals surface area contributed by atoms with Crippen LogP contribution < -0.4 is 5.32 Å². The van der Waals surface area contributed by atoms with Gasteiger partial charge in [-0.2, -0.15) is 0 Å². The number of amides is 2. The van der Waals surface area contributed by atoms with Crippen LogP contribution in [0.2, 0.25) is 0 Å². The number of hydrogen-bond donors (Lipinski definition) is 1. The maximum absolute atomic E-state index is 13.6. The highest BCUT2D eigenvalue weighted by molar-refractivity contribution is 5.98. The number of nitrogens with one attached hydrogen (secondary N) is 1. The van der Waals surface area contributed by atoms with Crippen molar-refractivity contribution in [1.29, 1.82) is 0 Å². The average molecular weight is 472 g/mol. The molecule has 0 unspecified atom stereocenters. The second-order valence-corrected chi connectivity index (χ2v) is 10.2. The molecule has 34 heavy (non-hydrogen) atoms. The van der Waals surface area contributed by atoms with Crippen LogP contribution in [-0.4, -0.2) is 53.2 Å². The molecule has 1 aromatic heterocycles. The number of anilines is 1. The average Bonchev–Trinajstić information content (AvgIpc) is 3.42. The first-order valence-electron chi connectivity index (χ1n) is 12.0. The maximum Gasteiger partial charge on any atom is 0.410 e. The minimum atomic E-state index is -0.670. The van der Waals surface area contributed by atoms with E-state index >= 15 is 0 Å². The Kier molecular flexibility index (Phi) is 6.81. The van der Waals surface area contributed by atoms with Gasteiger partial charge >= 0.3 is 18.0 Å². The molecule has 1 aromatic carbocycles. The van der Waals surface area contributed by atoms with E-state index in [0.29, 0.717) is 29.2 Å². The highest BCUT2D eigenvalue weighted by Gasteiger charge is 2.46. The number of ether oxygens (including phenoxy) is 2. The van der Waals surface area contributed by atoms with Crippen LogP contribution in [-0.2, 0) is 14.3 Å². The third kappa shape index (κ3) is 5.18. The molecule has 2 heterocycles. The van der Waals surface area contributed by atoms with Crippen LogP contribution in [0.25, 0.3) is 11.1 Å². The van der Waals surface area contributed by atoms with Crippen LogP contribution in [0.3, 0.4) is 0 Å². The molecule has 2 fully saturated rings. The first-order chi connectivity index (χ1) is 16.2. The number of carbonyl (C=O) groups is 3. The fraction of sp³-hybridized carbons (Fsp3) is 0.600. The van der Waals surface area contributed by atoms with E-state index in [1.807, 2.05) is 20.8 Å². The summed E-state index contributed by atoms with van der Waals surface area (Å²) in [6.45, 7) is 5.97. The second kappa shape index (κ2) is 9.64. The quantitative estimate of drug-likeness (QED) is 0.640. The predicted molar refractivity (Wildman–Crippen MR) is 125 cm³/mol. The molecular weight excluding hydrogens is 438 g/mol. The Bertz CT molecular complexity index is 1070. The van der Waals surface area contributed by atoms with E-state index in [9.17, 15) is 14.4 Å². The van der Waals surface area contributed by atoms with Crippen LogP contribution in [0.1, 0.15) is 70.0 Å². The number of benzene rings is 1. The fourth-order valence-electron chi connectivity index (χ4n) is 5.13. The van der Waals surface area contributed by atoms with Gasteiger partial charge in [0.1, 0.15) is 17.2 Å². The normalized spacial score (nSPS) is 21.5. The zero-order valence-corrected chi connectivity index (χ0v) is 20.3. The molecular formula is C25H33N3O6. The summed E-state index contributed by atoms with van der Waals surface area (Å²) in [5.74, 6) is -0.552. The van der Waals surface area contributed by atoms with Crippen molar-refractivity contribution in [2.75, 3.05) is 19.0 Å². The molecule has 2 aliphatic rings. The van der Waals surface area contributed by atoms with Gasteiger partial charge in [-0.05, 0) is 57.2 Å². The summed E-state index contributed by atoms with van der Waals surface area (Å²) in [4.78, 5) is 44.0. The molecule has 9 nitrogen and oxygen atoms in total. The first kappa shape index (κ1) is 24.0. The summed E-state index contributed by atoms with van der Waals surface area (Å²) >= 11 is 0. The zero-order chi connectivity index (χ0) is 24.5. The lowest BCUT2D eigenvalue weighted by Crippen LogP contribution is -2.49. The van der Waals surface area contributed by atoms with Gasteiger partial charge in [0.15, 0.2) is 5.58 Å². The van der Waals surface area contributed by atoms with E-state index in [2.05, 4.69) is 15.0 Å². The molecule has 184 valence electrons. The lowest BCUT2D eigenvalue weighted by molar-refractivity contribution is -0.122. The Morgan fingerprint density at radius 3 is 2.53 bits per heavy atom. The Morgan fingerprint density at radius 1 is 1.12 bits per heavy atom. The number of carbonyl (C=O) groups excluding carboxylic acids is 3. The number of fused-ring (bicyclic) bond motifs is 1. The smallest absolute Gasteiger partial charge is 0.410 e. The summed E-state index contributed by atoms with van der Waals surface area (Å²) in [7, 11) is 1.25. The molecule has 1 N–H and O–H groups in total. The largest absolute Gasteiger partial charge is 0.462 e. The summed E-state index contributed by atoms with van der Waals surface area (Å²) in [5.41, 5.74) is 0.712. The summed E-state index contributed by atoms with van der Waals surface area (Å²) < 4.78 is 15.7. The fourth-order valence-corrected chi connectivity index (χ4v) is 5.13. The van der Waals surface area contributed by atoms with Gasteiger partial charge < -0.3 is 19.2 Å². The first-order valence-corrected chi connectivity index (χ1v) is 12.0. The van der Waals surface area contributed by atoms with E-state index in [-0.39, 0.29) is 17.7 Å². The number of nitrogens with zero attached hydrogens (tertiary/aromatic N) is 2. The van der Waals surface area contributed by atoms with Crippen molar-refractivity contribution in [3.8, 4) is 0 Å². The van der Waals surface area contributed by atoms with Crippen molar-refractivity contribution in [1.82, 2.24) is 9.88 Å². The monoisotopic (exact) mass is 471 g/mol. The number of hydrogen-bond acceptors (Lipinski definition) is 7. The second-order valence-electron chi connectivity index (χ2n) is 10.2. The van der Waals surface area contributed by atoms with Crippen LogP contribution in [0, 0.1) is 11.8 Å². The molecule has 2 atom stereocenters. The summed E-state index contributed by atoms with van der Waals surface area (Å²) in [6, 6.07) is 4.38. The van der Waals surface area contributed by atoms with Gasteiger partial charge in [0.05, 0.1) is 7.11 Å². The van der Waals surface area contributed by atoms with Crippen LogP contribution in [0.15, 0.2) is 22.6 Å². The van der Waals surface area contributed by atoms with Crippen molar-refractivity contribution >= 4 is 34.8 Å². The Balaban J connectivity index is 1.57. The highest BCUT2D eigenvalue weighted by Crippen LogP contribution is 2.40. The molecule has 1 aliphatic carbocycles. The number of rotatable bonds is 4. The van der Waals surface area contributed by atoms with Gasteiger partial charge in [0.25, 0.3) is 0 Å². The van der Waals surface area contributed by atoms with Crippen LogP contribution >= 0.6 is 0 Å². The Morgan fingerprint density at radius 2 is 1.85 bits per heavy atom. The summed E-state index contributed by atoms with van der Waals surface area (Å²) in [5, 5.41) is 2.96. The molecule has 9 heteroatoms. The molecule has 2 aromatic rings. The lowest BCUT2D eigenvalue weighted by Gasteiger charge is -2.34. The van der Waals surface area contributed by atoms with Crippen molar-refractivity contribution in [3.63, 3.8) is 0 Å². The number of esters is 1. The van der Waals surface area contributed by atoms with Gasteiger partial charge in [-0.3, -0.25) is 9.69 Å². The van der Waals surface area contributed by atoms with Gasteiger partial charge in [-0.1, -0.05) is 32.1 Å². The SMILES string of the molecule is COC(=O)c1nc2cc(NC(=O)[C@@H]3[C@H](C4CCCCC4)CCN3C(=O)OC(C)(C)C)ccc2o1. The van der Waals surface area contributed by atoms with E-state index < -0.39 is 23.7 Å². The lowest BCUT2D eigenvalue weighted by atomic mass is 9.76. The molecule has 1 saturated heterocycles. The van der Waals surface area contributed by atoms with Gasteiger partial charge in [0.2, 0.25) is 5.91 Å². The number of aromatic nitrogens is 1. The van der Waals surface area contributed by atoms with E-state index in [1.165, 1.54) is 13.5 Å². The minimum Gasteiger partial charge on any atom is -0.462 e. The van der Waals surface area contributed by atoms with E-state index in [0.717, 1.165) is 32.1 Å². The maximum atomic E-state index is 13.6.